The van der Waals surface area contributed by atoms with E-state index in [1.165, 1.54) is 5.69 Å². The van der Waals surface area contributed by atoms with Crippen LogP contribution in [0.4, 0.5) is 0 Å². The van der Waals surface area contributed by atoms with Gasteiger partial charge < -0.3 is 10.3 Å². The molecule has 2 unspecified atom stereocenters. The highest BCUT2D eigenvalue weighted by molar-refractivity contribution is 5.06. The van der Waals surface area contributed by atoms with Crippen molar-refractivity contribution >= 4 is 0 Å². The number of nitrogens with two attached hydrogens (primary N) is 1. The van der Waals surface area contributed by atoms with Crippen LogP contribution in [0.3, 0.4) is 0 Å². The van der Waals surface area contributed by atoms with Crippen LogP contribution in [-0.4, -0.2) is 33.6 Å². The first-order valence-corrected chi connectivity index (χ1v) is 6.07. The van der Waals surface area contributed by atoms with E-state index in [9.17, 15) is 0 Å². The average Bonchev–Trinajstić information content (AvgIpc) is 2.71. The van der Waals surface area contributed by atoms with Crippen LogP contribution in [0.25, 0.3) is 0 Å². The summed E-state index contributed by atoms with van der Waals surface area (Å²) in [4.78, 5) is 6.61. The summed E-state index contributed by atoms with van der Waals surface area (Å²) in [6.07, 6.45) is 4.90. The Bertz CT molecular complexity index is 308. The van der Waals surface area contributed by atoms with E-state index in [-0.39, 0.29) is 6.04 Å². The molecule has 0 aliphatic carbocycles. The molecule has 1 aromatic heterocycles. The zero-order valence-corrected chi connectivity index (χ0v) is 10.8. The predicted molar refractivity (Wildman–Crippen MR) is 67.1 cm³/mol. The van der Waals surface area contributed by atoms with Crippen molar-refractivity contribution in [2.45, 2.75) is 39.3 Å². The standard InChI is InChI=1S/C12H24N4/c1-5-10(3)16(6-2)11(7-13)12-8-14-9-15(12)4/h8-11H,5-7,13H2,1-4H3. The fourth-order valence-corrected chi connectivity index (χ4v) is 2.19. The van der Waals surface area contributed by atoms with Gasteiger partial charge in [-0.2, -0.15) is 0 Å². The number of hydrogen-bond donors (Lipinski definition) is 1. The lowest BCUT2D eigenvalue weighted by atomic mass is 10.1. The highest BCUT2D eigenvalue weighted by atomic mass is 15.2. The lowest BCUT2D eigenvalue weighted by Crippen LogP contribution is -2.40. The van der Waals surface area contributed by atoms with E-state index in [0.29, 0.717) is 12.6 Å². The van der Waals surface area contributed by atoms with Crippen LogP contribution in [0.15, 0.2) is 12.5 Å². The summed E-state index contributed by atoms with van der Waals surface area (Å²) in [6, 6.07) is 0.820. The Hall–Kier alpha value is -0.870. The summed E-state index contributed by atoms with van der Waals surface area (Å²) in [5.41, 5.74) is 7.12. The van der Waals surface area contributed by atoms with Gasteiger partial charge in [-0.3, -0.25) is 4.90 Å². The molecule has 1 heterocycles. The molecule has 4 heteroatoms. The van der Waals surface area contributed by atoms with Gasteiger partial charge >= 0.3 is 0 Å². The van der Waals surface area contributed by atoms with Crippen LogP contribution in [0.2, 0.25) is 0 Å². The van der Waals surface area contributed by atoms with E-state index in [1.54, 1.807) is 0 Å². The molecule has 4 nitrogen and oxygen atoms in total. The van der Waals surface area contributed by atoms with Crippen molar-refractivity contribution < 1.29 is 0 Å². The van der Waals surface area contributed by atoms with E-state index < -0.39 is 0 Å². The molecule has 0 aromatic carbocycles. The summed E-state index contributed by atoms with van der Waals surface area (Å²) < 4.78 is 2.06. The SMILES string of the molecule is CCC(C)N(CC)C(CN)c1cncn1C. The molecule has 2 N–H and O–H groups in total. The van der Waals surface area contributed by atoms with Crippen LogP contribution >= 0.6 is 0 Å². The minimum absolute atomic E-state index is 0.271. The van der Waals surface area contributed by atoms with Crippen LogP contribution < -0.4 is 5.73 Å². The van der Waals surface area contributed by atoms with E-state index >= 15 is 0 Å². The molecule has 0 amide bonds. The fraction of sp³-hybridized carbons (Fsp3) is 0.750. The van der Waals surface area contributed by atoms with Crippen molar-refractivity contribution in [3.05, 3.63) is 18.2 Å². The molecule has 16 heavy (non-hydrogen) atoms. The van der Waals surface area contributed by atoms with Gasteiger partial charge in [-0.1, -0.05) is 13.8 Å². The normalized spacial score (nSPS) is 15.4. The third-order valence-corrected chi connectivity index (χ3v) is 3.34. The van der Waals surface area contributed by atoms with Gasteiger partial charge in [-0.15, -0.1) is 0 Å². The molecule has 0 fully saturated rings. The smallest absolute Gasteiger partial charge is 0.0946 e. The van der Waals surface area contributed by atoms with Gasteiger partial charge in [-0.05, 0) is 19.9 Å². The van der Waals surface area contributed by atoms with Crippen LogP contribution in [0.1, 0.15) is 38.9 Å². The van der Waals surface area contributed by atoms with Crippen molar-refractivity contribution in [1.82, 2.24) is 14.5 Å². The third kappa shape index (κ3) is 2.62. The highest BCUT2D eigenvalue weighted by Gasteiger charge is 2.23. The van der Waals surface area contributed by atoms with Crippen molar-refractivity contribution in [3.63, 3.8) is 0 Å². The molecule has 0 radical (unpaired) electrons. The second-order valence-corrected chi connectivity index (χ2v) is 4.27. The average molecular weight is 224 g/mol. The summed E-state index contributed by atoms with van der Waals surface area (Å²) in [5.74, 6) is 0. The first-order valence-electron chi connectivity index (χ1n) is 6.07. The molecule has 1 rings (SSSR count). The molecule has 92 valence electrons. The molecule has 0 aliphatic heterocycles. The zero-order chi connectivity index (χ0) is 12.1. The molecule has 0 aliphatic rings. The Balaban J connectivity index is 2.92. The molecular formula is C12H24N4. The van der Waals surface area contributed by atoms with Gasteiger partial charge in [-0.25, -0.2) is 4.98 Å². The second kappa shape index (κ2) is 6.01. The van der Waals surface area contributed by atoms with E-state index in [4.69, 9.17) is 5.73 Å². The van der Waals surface area contributed by atoms with E-state index in [0.717, 1.165) is 13.0 Å². The van der Waals surface area contributed by atoms with Gasteiger partial charge in [0.2, 0.25) is 0 Å². The van der Waals surface area contributed by atoms with Crippen LogP contribution in [-0.2, 0) is 7.05 Å². The summed E-state index contributed by atoms with van der Waals surface area (Å²) in [6.45, 7) is 8.30. The van der Waals surface area contributed by atoms with E-state index in [1.807, 2.05) is 19.6 Å². The van der Waals surface area contributed by atoms with Crippen LogP contribution in [0.5, 0.6) is 0 Å². The maximum Gasteiger partial charge on any atom is 0.0946 e. The fourth-order valence-electron chi connectivity index (χ4n) is 2.19. The highest BCUT2D eigenvalue weighted by Crippen LogP contribution is 2.22. The number of imidazole rings is 1. The van der Waals surface area contributed by atoms with Gasteiger partial charge in [0.15, 0.2) is 0 Å². The van der Waals surface area contributed by atoms with Crippen molar-refractivity contribution in [3.8, 4) is 0 Å². The summed E-state index contributed by atoms with van der Waals surface area (Å²) >= 11 is 0. The van der Waals surface area contributed by atoms with Gasteiger partial charge in [0.05, 0.1) is 18.1 Å². The summed E-state index contributed by atoms with van der Waals surface area (Å²) in [5, 5.41) is 0. The maximum absolute atomic E-state index is 5.92. The lowest BCUT2D eigenvalue weighted by molar-refractivity contribution is 0.147. The predicted octanol–water partition coefficient (Wildman–Crippen LogP) is 1.54. The molecule has 0 saturated heterocycles. The Morgan fingerprint density at radius 1 is 1.50 bits per heavy atom. The number of rotatable bonds is 6. The third-order valence-electron chi connectivity index (χ3n) is 3.34. The van der Waals surface area contributed by atoms with Crippen LogP contribution in [0, 0.1) is 0 Å². The Labute approximate surface area is 98.5 Å². The monoisotopic (exact) mass is 224 g/mol. The minimum atomic E-state index is 0.271. The minimum Gasteiger partial charge on any atom is -0.336 e. The Morgan fingerprint density at radius 2 is 2.19 bits per heavy atom. The topological polar surface area (TPSA) is 47.1 Å². The summed E-state index contributed by atoms with van der Waals surface area (Å²) in [7, 11) is 2.02. The number of aryl methyl sites for hydroxylation is 1. The van der Waals surface area contributed by atoms with Crippen molar-refractivity contribution in [2.24, 2.45) is 12.8 Å². The lowest BCUT2D eigenvalue weighted by Gasteiger charge is -2.34. The van der Waals surface area contributed by atoms with E-state index in [2.05, 4.69) is 35.2 Å². The quantitative estimate of drug-likeness (QED) is 0.797. The second-order valence-electron chi connectivity index (χ2n) is 4.27. The maximum atomic E-state index is 5.92. The Kier molecular flexibility index (Phi) is 4.96. The first kappa shape index (κ1) is 13.2. The van der Waals surface area contributed by atoms with Gasteiger partial charge in [0.25, 0.3) is 0 Å². The molecule has 0 bridgehead atoms. The molecule has 1 aromatic rings. The largest absolute Gasteiger partial charge is 0.336 e. The molecule has 0 spiro atoms. The molecule has 0 saturated carbocycles. The molecular weight excluding hydrogens is 200 g/mol. The van der Waals surface area contributed by atoms with Crippen molar-refractivity contribution in [2.75, 3.05) is 13.1 Å². The first-order chi connectivity index (χ1) is 7.65. The van der Waals surface area contributed by atoms with Crippen molar-refractivity contribution in [1.29, 1.82) is 0 Å². The molecule has 2 atom stereocenters. The van der Waals surface area contributed by atoms with Gasteiger partial charge in [0.1, 0.15) is 0 Å². The Morgan fingerprint density at radius 3 is 2.56 bits per heavy atom. The van der Waals surface area contributed by atoms with Gasteiger partial charge in [0, 0.05) is 25.8 Å². The number of aromatic nitrogens is 2. The zero-order valence-electron chi connectivity index (χ0n) is 10.8. The number of hydrogen-bond acceptors (Lipinski definition) is 3. The number of likely N-dealkylation sites (N-methyl/N-ethyl adjacent to an activating group) is 1. The number of nitrogens with zero attached hydrogens (tertiary/aromatic N) is 3.